The Bertz CT molecular complexity index is 415. The van der Waals surface area contributed by atoms with Crippen LogP contribution in [0.15, 0.2) is 18.2 Å². The molecule has 1 aliphatic carbocycles. The Hall–Kier alpha value is -0.600. The predicted molar refractivity (Wildman–Crippen MR) is 83.8 cm³/mol. The Morgan fingerprint density at radius 2 is 2.05 bits per heavy atom. The van der Waals surface area contributed by atoms with Crippen LogP contribution < -0.4 is 5.32 Å². The van der Waals surface area contributed by atoms with Gasteiger partial charge in [0.25, 0.3) is 0 Å². The molecule has 0 heterocycles. The molecule has 112 valence electrons. The van der Waals surface area contributed by atoms with Crippen LogP contribution in [-0.2, 0) is 6.42 Å². The Labute approximate surface area is 126 Å². The third-order valence-electron chi connectivity index (χ3n) is 4.32. The zero-order valence-corrected chi connectivity index (χ0v) is 13.1. The van der Waals surface area contributed by atoms with E-state index in [4.69, 9.17) is 11.6 Å². The molecule has 1 aromatic carbocycles. The van der Waals surface area contributed by atoms with E-state index in [1.807, 2.05) is 0 Å². The summed E-state index contributed by atoms with van der Waals surface area (Å²) in [7, 11) is 0. The van der Waals surface area contributed by atoms with Crippen molar-refractivity contribution in [3.05, 3.63) is 34.6 Å². The van der Waals surface area contributed by atoms with Crippen molar-refractivity contribution in [2.24, 2.45) is 5.92 Å². The smallest absolute Gasteiger partial charge is 0.123 e. The maximum atomic E-state index is 13.4. The number of hydrogen-bond acceptors (Lipinski definition) is 1. The standard InChI is InChI=1S/C17H25ClFN/c1-2-10-20-17(13-6-4-3-5-7-13)12-14-11-15(19)8-9-16(14)18/h8-9,11,13,17,20H,2-7,10,12H2,1H3. The molecule has 0 aliphatic heterocycles. The lowest BCUT2D eigenvalue weighted by atomic mass is 9.81. The molecule has 1 fully saturated rings. The van der Waals surface area contributed by atoms with Crippen molar-refractivity contribution in [3.63, 3.8) is 0 Å². The van der Waals surface area contributed by atoms with Gasteiger partial charge in [0.2, 0.25) is 0 Å². The van der Waals surface area contributed by atoms with E-state index in [1.165, 1.54) is 38.2 Å². The highest BCUT2D eigenvalue weighted by Crippen LogP contribution is 2.29. The molecule has 1 atom stereocenters. The minimum atomic E-state index is -0.192. The second-order valence-electron chi connectivity index (χ2n) is 5.90. The van der Waals surface area contributed by atoms with Crippen LogP contribution in [0.25, 0.3) is 0 Å². The van der Waals surface area contributed by atoms with E-state index in [0.717, 1.165) is 24.9 Å². The van der Waals surface area contributed by atoms with Gasteiger partial charge in [0.05, 0.1) is 0 Å². The molecule has 0 saturated heterocycles. The average Bonchev–Trinajstić information content (AvgIpc) is 2.48. The molecule has 1 unspecified atom stereocenters. The predicted octanol–water partition coefficient (Wildman–Crippen LogP) is 4.97. The molecule has 3 heteroatoms. The highest BCUT2D eigenvalue weighted by Gasteiger charge is 2.24. The Morgan fingerprint density at radius 3 is 2.75 bits per heavy atom. The van der Waals surface area contributed by atoms with Gasteiger partial charge in [0.15, 0.2) is 0 Å². The first-order chi connectivity index (χ1) is 9.70. The maximum Gasteiger partial charge on any atom is 0.123 e. The summed E-state index contributed by atoms with van der Waals surface area (Å²) in [6, 6.07) is 5.12. The normalized spacial score (nSPS) is 18.1. The second-order valence-corrected chi connectivity index (χ2v) is 6.31. The van der Waals surface area contributed by atoms with E-state index in [1.54, 1.807) is 12.1 Å². The fraction of sp³-hybridized carbons (Fsp3) is 0.647. The number of rotatable bonds is 6. The van der Waals surface area contributed by atoms with Gasteiger partial charge in [0.1, 0.15) is 5.82 Å². The van der Waals surface area contributed by atoms with Crippen molar-refractivity contribution in [2.75, 3.05) is 6.54 Å². The first-order valence-electron chi connectivity index (χ1n) is 7.88. The van der Waals surface area contributed by atoms with E-state index in [9.17, 15) is 4.39 Å². The largest absolute Gasteiger partial charge is 0.313 e. The molecule has 1 N–H and O–H groups in total. The summed E-state index contributed by atoms with van der Waals surface area (Å²) in [4.78, 5) is 0. The van der Waals surface area contributed by atoms with Gasteiger partial charge < -0.3 is 5.32 Å². The van der Waals surface area contributed by atoms with E-state index in [-0.39, 0.29) is 5.82 Å². The molecule has 1 aliphatic rings. The zero-order chi connectivity index (χ0) is 14.4. The molecule has 20 heavy (non-hydrogen) atoms. The molecule has 0 bridgehead atoms. The van der Waals surface area contributed by atoms with Crippen LogP contribution in [0.1, 0.15) is 51.0 Å². The second kappa shape index (κ2) is 7.99. The number of hydrogen-bond donors (Lipinski definition) is 1. The van der Waals surface area contributed by atoms with Gasteiger partial charge in [-0.15, -0.1) is 0 Å². The fourth-order valence-electron chi connectivity index (χ4n) is 3.21. The summed E-state index contributed by atoms with van der Waals surface area (Å²) in [5.41, 5.74) is 0.936. The summed E-state index contributed by atoms with van der Waals surface area (Å²) in [6.07, 6.45) is 8.54. The van der Waals surface area contributed by atoms with Crippen molar-refractivity contribution in [2.45, 2.75) is 57.9 Å². The summed E-state index contributed by atoms with van der Waals surface area (Å²) in [5.74, 6) is 0.511. The van der Waals surface area contributed by atoms with Crippen LogP contribution in [0, 0.1) is 11.7 Å². The van der Waals surface area contributed by atoms with E-state index in [0.29, 0.717) is 17.0 Å². The van der Waals surface area contributed by atoms with Gasteiger partial charge in [-0.2, -0.15) is 0 Å². The van der Waals surface area contributed by atoms with Crippen LogP contribution in [0.5, 0.6) is 0 Å². The maximum absolute atomic E-state index is 13.4. The monoisotopic (exact) mass is 297 g/mol. The SMILES string of the molecule is CCCNC(Cc1cc(F)ccc1Cl)C1CCCCC1. The number of nitrogens with one attached hydrogen (secondary N) is 1. The zero-order valence-electron chi connectivity index (χ0n) is 12.3. The van der Waals surface area contributed by atoms with Crippen LogP contribution in [0.3, 0.4) is 0 Å². The first-order valence-corrected chi connectivity index (χ1v) is 8.25. The summed E-state index contributed by atoms with van der Waals surface area (Å²) in [6.45, 7) is 3.20. The lowest BCUT2D eigenvalue weighted by Gasteiger charge is -2.31. The van der Waals surface area contributed by atoms with Crippen molar-refractivity contribution in [3.8, 4) is 0 Å². The van der Waals surface area contributed by atoms with Crippen LogP contribution >= 0.6 is 11.6 Å². The summed E-state index contributed by atoms with van der Waals surface area (Å²) >= 11 is 6.22. The molecule has 1 aromatic rings. The summed E-state index contributed by atoms with van der Waals surface area (Å²) in [5, 5.41) is 4.34. The van der Waals surface area contributed by atoms with Crippen molar-refractivity contribution in [1.29, 1.82) is 0 Å². The van der Waals surface area contributed by atoms with Gasteiger partial charge in [-0.05, 0) is 61.9 Å². The lowest BCUT2D eigenvalue weighted by molar-refractivity contribution is 0.267. The van der Waals surface area contributed by atoms with Crippen LogP contribution in [0.2, 0.25) is 5.02 Å². The Kier molecular flexibility index (Phi) is 6.31. The first kappa shape index (κ1) is 15.8. The summed E-state index contributed by atoms with van der Waals surface area (Å²) < 4.78 is 13.4. The van der Waals surface area contributed by atoms with Gasteiger partial charge >= 0.3 is 0 Å². The van der Waals surface area contributed by atoms with Gasteiger partial charge in [-0.3, -0.25) is 0 Å². The molecule has 0 aromatic heterocycles. The average molecular weight is 298 g/mol. The topological polar surface area (TPSA) is 12.0 Å². The quantitative estimate of drug-likeness (QED) is 0.781. The minimum Gasteiger partial charge on any atom is -0.313 e. The molecule has 0 spiro atoms. The Balaban J connectivity index is 2.07. The van der Waals surface area contributed by atoms with E-state index < -0.39 is 0 Å². The Morgan fingerprint density at radius 1 is 1.30 bits per heavy atom. The van der Waals surface area contributed by atoms with Gasteiger partial charge in [-0.25, -0.2) is 4.39 Å². The molecule has 1 saturated carbocycles. The minimum absolute atomic E-state index is 0.192. The van der Waals surface area contributed by atoms with E-state index in [2.05, 4.69) is 12.2 Å². The van der Waals surface area contributed by atoms with Gasteiger partial charge in [-0.1, -0.05) is 37.8 Å². The van der Waals surface area contributed by atoms with Crippen molar-refractivity contribution < 1.29 is 4.39 Å². The van der Waals surface area contributed by atoms with Crippen LogP contribution in [0.4, 0.5) is 4.39 Å². The number of halogens is 2. The van der Waals surface area contributed by atoms with Crippen LogP contribution in [-0.4, -0.2) is 12.6 Å². The van der Waals surface area contributed by atoms with E-state index >= 15 is 0 Å². The molecular weight excluding hydrogens is 273 g/mol. The molecule has 0 amide bonds. The van der Waals surface area contributed by atoms with Gasteiger partial charge in [0, 0.05) is 11.1 Å². The van der Waals surface area contributed by atoms with Crippen molar-refractivity contribution >= 4 is 11.6 Å². The third-order valence-corrected chi connectivity index (χ3v) is 4.69. The highest BCUT2D eigenvalue weighted by molar-refractivity contribution is 6.31. The fourth-order valence-corrected chi connectivity index (χ4v) is 3.40. The molecule has 1 nitrogen and oxygen atoms in total. The lowest BCUT2D eigenvalue weighted by Crippen LogP contribution is -2.39. The molecule has 2 rings (SSSR count). The number of benzene rings is 1. The third kappa shape index (κ3) is 4.46. The molecule has 0 radical (unpaired) electrons. The molecular formula is C17H25ClFN. The van der Waals surface area contributed by atoms with Crippen molar-refractivity contribution in [1.82, 2.24) is 5.32 Å². The highest BCUT2D eigenvalue weighted by atomic mass is 35.5.